The molecule has 0 unspecified atom stereocenters. The first kappa shape index (κ1) is 12.6. The maximum atomic E-state index is 5.62. The number of furan rings is 1. The van der Waals surface area contributed by atoms with E-state index >= 15 is 0 Å². The molecule has 0 spiro atoms. The van der Waals surface area contributed by atoms with Crippen LogP contribution in [0.5, 0.6) is 0 Å². The molecule has 0 saturated carbocycles. The molecule has 4 nitrogen and oxygen atoms in total. The second-order valence-electron chi connectivity index (χ2n) is 4.55. The highest BCUT2D eigenvalue weighted by Gasteiger charge is 2.10. The van der Waals surface area contributed by atoms with Gasteiger partial charge in [0.1, 0.15) is 12.4 Å². The van der Waals surface area contributed by atoms with Gasteiger partial charge in [-0.05, 0) is 39.0 Å². The lowest BCUT2D eigenvalue weighted by Crippen LogP contribution is -2.23. The van der Waals surface area contributed by atoms with E-state index < -0.39 is 0 Å². The number of nitrogens with zero attached hydrogens (tertiary/aromatic N) is 1. The van der Waals surface area contributed by atoms with Gasteiger partial charge in [0.05, 0.1) is 12.9 Å². The summed E-state index contributed by atoms with van der Waals surface area (Å²) < 4.78 is 11.0. The Morgan fingerprint density at radius 2 is 2.24 bits per heavy atom. The largest absolute Gasteiger partial charge is 0.467 e. The first-order valence-electron chi connectivity index (χ1n) is 6.39. The maximum Gasteiger partial charge on any atom is 0.129 e. The van der Waals surface area contributed by atoms with Gasteiger partial charge in [-0.1, -0.05) is 0 Å². The highest BCUT2D eigenvalue weighted by atomic mass is 16.5. The molecular weight excluding hydrogens is 216 g/mol. The Balaban J connectivity index is 1.60. The molecule has 1 aromatic heterocycles. The highest BCUT2D eigenvalue weighted by Crippen LogP contribution is 2.09. The topological polar surface area (TPSA) is 37.6 Å². The van der Waals surface area contributed by atoms with Gasteiger partial charge in [-0.2, -0.15) is 0 Å². The normalized spacial score (nSPS) is 16.8. The SMILES string of the molecule is CNCc1coc(COCCN2CCCC2)c1. The molecule has 1 aromatic rings. The highest BCUT2D eigenvalue weighted by molar-refractivity contribution is 5.11. The molecule has 0 radical (unpaired) electrons. The third kappa shape index (κ3) is 4.15. The van der Waals surface area contributed by atoms with E-state index in [1.54, 1.807) is 6.26 Å². The summed E-state index contributed by atoms with van der Waals surface area (Å²) in [5.41, 5.74) is 1.17. The first-order valence-corrected chi connectivity index (χ1v) is 6.39. The molecule has 0 amide bonds. The fourth-order valence-corrected chi connectivity index (χ4v) is 2.17. The third-order valence-electron chi connectivity index (χ3n) is 3.08. The zero-order chi connectivity index (χ0) is 11.9. The van der Waals surface area contributed by atoms with Crippen molar-refractivity contribution < 1.29 is 9.15 Å². The van der Waals surface area contributed by atoms with Crippen molar-refractivity contribution in [3.63, 3.8) is 0 Å². The lowest BCUT2D eigenvalue weighted by molar-refractivity contribution is 0.0875. The molecule has 2 rings (SSSR count). The quantitative estimate of drug-likeness (QED) is 0.732. The molecule has 0 aliphatic carbocycles. The second kappa shape index (κ2) is 6.79. The molecule has 96 valence electrons. The Bertz CT molecular complexity index is 319. The van der Waals surface area contributed by atoms with E-state index in [-0.39, 0.29) is 0 Å². The van der Waals surface area contributed by atoms with Gasteiger partial charge in [0.25, 0.3) is 0 Å². The second-order valence-corrected chi connectivity index (χ2v) is 4.55. The van der Waals surface area contributed by atoms with Crippen molar-refractivity contribution in [2.45, 2.75) is 26.0 Å². The van der Waals surface area contributed by atoms with Gasteiger partial charge in [-0.15, -0.1) is 0 Å². The molecule has 0 bridgehead atoms. The molecule has 1 N–H and O–H groups in total. The van der Waals surface area contributed by atoms with Gasteiger partial charge < -0.3 is 19.4 Å². The minimum absolute atomic E-state index is 0.581. The van der Waals surface area contributed by atoms with Gasteiger partial charge in [-0.3, -0.25) is 0 Å². The van der Waals surface area contributed by atoms with Gasteiger partial charge in [-0.25, -0.2) is 0 Å². The van der Waals surface area contributed by atoms with Crippen molar-refractivity contribution in [1.29, 1.82) is 0 Å². The van der Waals surface area contributed by atoms with Crippen LogP contribution in [0.4, 0.5) is 0 Å². The Kier molecular flexibility index (Phi) is 5.04. The van der Waals surface area contributed by atoms with E-state index in [0.29, 0.717) is 6.61 Å². The summed E-state index contributed by atoms with van der Waals surface area (Å²) in [6.45, 7) is 5.73. The van der Waals surface area contributed by atoms with Crippen LogP contribution < -0.4 is 5.32 Å². The lowest BCUT2D eigenvalue weighted by atomic mass is 10.3. The van der Waals surface area contributed by atoms with Crippen LogP contribution in [0.15, 0.2) is 16.7 Å². The average molecular weight is 238 g/mol. The Labute approximate surface area is 103 Å². The predicted octanol–water partition coefficient (Wildman–Crippen LogP) is 1.61. The zero-order valence-electron chi connectivity index (χ0n) is 10.6. The Hall–Kier alpha value is -0.840. The summed E-state index contributed by atoms with van der Waals surface area (Å²) in [5.74, 6) is 0.914. The van der Waals surface area contributed by atoms with Crippen LogP contribution in [0.3, 0.4) is 0 Å². The smallest absolute Gasteiger partial charge is 0.129 e. The first-order chi connectivity index (χ1) is 8.38. The van der Waals surface area contributed by atoms with Crippen LogP contribution >= 0.6 is 0 Å². The molecule has 0 aromatic carbocycles. The van der Waals surface area contributed by atoms with Gasteiger partial charge >= 0.3 is 0 Å². The lowest BCUT2D eigenvalue weighted by Gasteiger charge is -2.13. The minimum Gasteiger partial charge on any atom is -0.467 e. The van der Waals surface area contributed by atoms with Crippen molar-refractivity contribution in [3.05, 3.63) is 23.7 Å². The summed E-state index contributed by atoms with van der Waals surface area (Å²) in [6.07, 6.45) is 4.47. The zero-order valence-corrected chi connectivity index (χ0v) is 10.6. The summed E-state index contributed by atoms with van der Waals surface area (Å²) in [5, 5.41) is 3.09. The minimum atomic E-state index is 0.581. The van der Waals surface area contributed by atoms with Crippen LogP contribution in [-0.2, 0) is 17.9 Å². The molecule has 17 heavy (non-hydrogen) atoms. The van der Waals surface area contributed by atoms with Gasteiger partial charge in [0, 0.05) is 18.7 Å². The van der Waals surface area contributed by atoms with Crippen molar-refractivity contribution in [3.8, 4) is 0 Å². The molecule has 2 heterocycles. The number of ether oxygens (including phenoxy) is 1. The van der Waals surface area contributed by atoms with Crippen LogP contribution in [0, 0.1) is 0 Å². The van der Waals surface area contributed by atoms with E-state index in [9.17, 15) is 0 Å². The van der Waals surface area contributed by atoms with Crippen LogP contribution in [-0.4, -0.2) is 38.2 Å². The number of likely N-dealkylation sites (tertiary alicyclic amines) is 1. The van der Waals surface area contributed by atoms with Crippen molar-refractivity contribution >= 4 is 0 Å². The number of hydrogen-bond donors (Lipinski definition) is 1. The Morgan fingerprint density at radius 3 is 3.00 bits per heavy atom. The van der Waals surface area contributed by atoms with E-state index in [1.807, 2.05) is 13.1 Å². The van der Waals surface area contributed by atoms with Crippen molar-refractivity contribution in [2.24, 2.45) is 0 Å². The van der Waals surface area contributed by atoms with E-state index in [1.165, 1.54) is 31.5 Å². The van der Waals surface area contributed by atoms with Crippen LogP contribution in [0.1, 0.15) is 24.2 Å². The molecule has 1 saturated heterocycles. The van der Waals surface area contributed by atoms with Gasteiger partial charge in [0.2, 0.25) is 0 Å². The van der Waals surface area contributed by atoms with Crippen molar-refractivity contribution in [1.82, 2.24) is 10.2 Å². The molecule has 0 atom stereocenters. The fraction of sp³-hybridized carbons (Fsp3) is 0.692. The summed E-state index contributed by atoms with van der Waals surface area (Å²) in [7, 11) is 1.93. The molecule has 4 heteroatoms. The van der Waals surface area contributed by atoms with E-state index in [4.69, 9.17) is 9.15 Å². The van der Waals surface area contributed by atoms with Crippen LogP contribution in [0.25, 0.3) is 0 Å². The molecule has 1 fully saturated rings. The van der Waals surface area contributed by atoms with Crippen LogP contribution in [0.2, 0.25) is 0 Å². The fourth-order valence-electron chi connectivity index (χ4n) is 2.17. The third-order valence-corrected chi connectivity index (χ3v) is 3.08. The summed E-state index contributed by atoms with van der Waals surface area (Å²) in [4.78, 5) is 2.45. The summed E-state index contributed by atoms with van der Waals surface area (Å²) in [6, 6.07) is 2.05. The van der Waals surface area contributed by atoms with Crippen molar-refractivity contribution in [2.75, 3.05) is 33.3 Å². The van der Waals surface area contributed by atoms with E-state index in [0.717, 1.165) is 25.5 Å². The number of rotatable bonds is 7. The monoisotopic (exact) mass is 238 g/mol. The maximum absolute atomic E-state index is 5.62. The standard InChI is InChI=1S/C13H22N2O2/c1-14-9-12-8-13(17-10-12)11-16-7-6-15-4-2-3-5-15/h8,10,14H,2-7,9,11H2,1H3. The predicted molar refractivity (Wildman–Crippen MR) is 66.8 cm³/mol. The average Bonchev–Trinajstić information content (AvgIpc) is 2.96. The van der Waals surface area contributed by atoms with E-state index in [2.05, 4.69) is 10.2 Å². The number of hydrogen-bond acceptors (Lipinski definition) is 4. The molecule has 1 aliphatic rings. The molecule has 1 aliphatic heterocycles. The number of nitrogens with one attached hydrogen (secondary N) is 1. The Morgan fingerprint density at radius 1 is 1.41 bits per heavy atom. The summed E-state index contributed by atoms with van der Waals surface area (Å²) >= 11 is 0. The molecular formula is C13H22N2O2. The van der Waals surface area contributed by atoms with Gasteiger partial charge in [0.15, 0.2) is 0 Å².